The number of sulfonamides is 1. The molecule has 0 saturated heterocycles. The van der Waals surface area contributed by atoms with Crippen molar-refractivity contribution in [3.8, 4) is 5.75 Å². The highest BCUT2D eigenvalue weighted by atomic mass is 32.2. The van der Waals surface area contributed by atoms with Crippen LogP contribution in [0.3, 0.4) is 0 Å². The van der Waals surface area contributed by atoms with Crippen LogP contribution in [0.4, 0.5) is 10.1 Å². The molecule has 0 bridgehead atoms. The molecule has 1 N–H and O–H groups in total. The first-order chi connectivity index (χ1) is 19.7. The molecule has 0 heterocycles. The second-order valence-electron chi connectivity index (χ2n) is 10.2. The largest absolute Gasteiger partial charge is 0.497 e. The first kappa shape index (κ1) is 30.0. The van der Waals surface area contributed by atoms with Gasteiger partial charge < -0.3 is 15.0 Å². The van der Waals surface area contributed by atoms with E-state index in [1.165, 1.54) is 48.4 Å². The average Bonchev–Trinajstić information content (AvgIpc) is 2.99. The second kappa shape index (κ2) is 13.6. The fourth-order valence-electron chi connectivity index (χ4n) is 4.94. The van der Waals surface area contributed by atoms with Crippen LogP contribution in [0.25, 0.3) is 0 Å². The second-order valence-corrected chi connectivity index (χ2v) is 12.1. The summed E-state index contributed by atoms with van der Waals surface area (Å²) >= 11 is 0. The van der Waals surface area contributed by atoms with Crippen LogP contribution in [-0.2, 0) is 26.2 Å². The van der Waals surface area contributed by atoms with Crippen LogP contribution in [0.1, 0.15) is 44.6 Å². The highest BCUT2D eigenvalue weighted by molar-refractivity contribution is 7.92. The van der Waals surface area contributed by atoms with Crippen molar-refractivity contribution in [1.29, 1.82) is 0 Å². The molecule has 0 aromatic heterocycles. The Balaban J connectivity index is 1.65. The smallest absolute Gasteiger partial charge is 0.264 e. The fraction of sp³-hybridized carbons (Fsp3) is 0.355. The molecular formula is C31H36FN3O5S. The van der Waals surface area contributed by atoms with E-state index < -0.39 is 34.3 Å². The molecule has 41 heavy (non-hydrogen) atoms. The summed E-state index contributed by atoms with van der Waals surface area (Å²) in [6, 6.07) is 19.1. The van der Waals surface area contributed by atoms with E-state index in [9.17, 15) is 22.4 Å². The van der Waals surface area contributed by atoms with Gasteiger partial charge in [0.15, 0.2) is 0 Å². The Kier molecular flexibility index (Phi) is 9.99. The van der Waals surface area contributed by atoms with Gasteiger partial charge >= 0.3 is 0 Å². The van der Waals surface area contributed by atoms with Crippen LogP contribution in [0.5, 0.6) is 5.75 Å². The molecule has 0 radical (unpaired) electrons. The minimum Gasteiger partial charge on any atom is -0.497 e. The molecule has 0 aliphatic heterocycles. The Labute approximate surface area is 241 Å². The zero-order chi connectivity index (χ0) is 29.4. The van der Waals surface area contributed by atoms with Crippen molar-refractivity contribution in [3.63, 3.8) is 0 Å². The highest BCUT2D eigenvalue weighted by Gasteiger charge is 2.33. The number of amides is 2. The quantitative estimate of drug-likeness (QED) is 0.348. The molecule has 8 nitrogen and oxygen atoms in total. The number of ether oxygens (including phenoxy) is 1. The number of methoxy groups -OCH3 is 1. The SMILES string of the molecule is COc1ccc(S(=O)(=O)N(CC(=O)N(Cc2ccccc2)[C@@H](C)C(=O)NC2CCCCC2)c2ccc(F)cc2)cc1. The molecule has 1 saturated carbocycles. The normalized spacial score (nSPS) is 14.6. The predicted octanol–water partition coefficient (Wildman–Crippen LogP) is 4.90. The maximum Gasteiger partial charge on any atom is 0.264 e. The minimum absolute atomic E-state index is 0.0542. The molecule has 1 atom stereocenters. The third-order valence-electron chi connectivity index (χ3n) is 7.36. The molecule has 1 aliphatic rings. The Morgan fingerprint density at radius 1 is 0.951 bits per heavy atom. The van der Waals surface area contributed by atoms with E-state index >= 15 is 0 Å². The molecule has 0 spiro atoms. The highest BCUT2D eigenvalue weighted by Crippen LogP contribution is 2.26. The fourth-order valence-corrected chi connectivity index (χ4v) is 6.36. The lowest BCUT2D eigenvalue weighted by atomic mass is 9.95. The third-order valence-corrected chi connectivity index (χ3v) is 9.14. The van der Waals surface area contributed by atoms with Crippen LogP contribution >= 0.6 is 0 Å². The van der Waals surface area contributed by atoms with Crippen molar-refractivity contribution >= 4 is 27.5 Å². The van der Waals surface area contributed by atoms with Crippen molar-refractivity contribution in [1.82, 2.24) is 10.2 Å². The number of nitrogens with zero attached hydrogens (tertiary/aromatic N) is 2. The maximum atomic E-state index is 14.0. The Bertz CT molecular complexity index is 1410. The van der Waals surface area contributed by atoms with Crippen LogP contribution < -0.4 is 14.4 Å². The van der Waals surface area contributed by atoms with Crippen molar-refractivity contribution in [2.24, 2.45) is 0 Å². The van der Waals surface area contributed by atoms with E-state index in [1.807, 2.05) is 30.3 Å². The van der Waals surface area contributed by atoms with Gasteiger partial charge in [-0.2, -0.15) is 0 Å². The van der Waals surface area contributed by atoms with Gasteiger partial charge in [-0.3, -0.25) is 13.9 Å². The number of hydrogen-bond acceptors (Lipinski definition) is 5. The molecule has 1 aliphatic carbocycles. The van der Waals surface area contributed by atoms with Gasteiger partial charge in [0.05, 0.1) is 17.7 Å². The zero-order valence-corrected chi connectivity index (χ0v) is 24.1. The van der Waals surface area contributed by atoms with E-state index in [0.29, 0.717) is 5.75 Å². The van der Waals surface area contributed by atoms with Crippen LogP contribution in [0.15, 0.2) is 83.8 Å². The Hall–Kier alpha value is -3.92. The third kappa shape index (κ3) is 7.64. The van der Waals surface area contributed by atoms with Crippen molar-refractivity contribution in [2.75, 3.05) is 18.0 Å². The number of carbonyl (C=O) groups excluding carboxylic acids is 2. The summed E-state index contributed by atoms with van der Waals surface area (Å²) in [5.74, 6) is -0.921. The lowest BCUT2D eigenvalue weighted by molar-refractivity contribution is -0.139. The molecule has 10 heteroatoms. The summed E-state index contributed by atoms with van der Waals surface area (Å²) in [6.45, 7) is 1.17. The standard InChI is InChI=1S/C31H36FN3O5S/c1-23(31(37)33-26-11-7-4-8-12-26)34(21-24-9-5-3-6-10-24)30(36)22-35(27-15-13-25(32)14-16-27)41(38,39)29-19-17-28(40-2)18-20-29/h3,5-6,9-10,13-20,23,26H,4,7-8,11-12,21-22H2,1-2H3,(H,33,37)/t23-/m0/s1. The van der Waals surface area contributed by atoms with Crippen LogP contribution in [-0.4, -0.2) is 50.9 Å². The first-order valence-corrected chi connectivity index (χ1v) is 15.2. The number of benzene rings is 3. The molecule has 3 aromatic carbocycles. The van der Waals surface area contributed by atoms with E-state index in [2.05, 4.69) is 5.32 Å². The van der Waals surface area contributed by atoms with Crippen molar-refractivity contribution < 1.29 is 27.1 Å². The number of halogens is 1. The summed E-state index contributed by atoms with van der Waals surface area (Å²) in [4.78, 5) is 28.6. The van der Waals surface area contributed by atoms with Gasteiger partial charge in [0.1, 0.15) is 24.2 Å². The van der Waals surface area contributed by atoms with Gasteiger partial charge in [-0.15, -0.1) is 0 Å². The van der Waals surface area contributed by atoms with E-state index in [-0.39, 0.29) is 29.1 Å². The molecule has 1 fully saturated rings. The average molecular weight is 582 g/mol. The zero-order valence-electron chi connectivity index (χ0n) is 23.3. The van der Waals surface area contributed by atoms with Gasteiger partial charge in [0.2, 0.25) is 11.8 Å². The monoisotopic (exact) mass is 581 g/mol. The first-order valence-electron chi connectivity index (χ1n) is 13.7. The molecule has 3 aromatic rings. The molecule has 218 valence electrons. The van der Waals surface area contributed by atoms with E-state index in [1.54, 1.807) is 6.92 Å². The molecule has 0 unspecified atom stereocenters. The summed E-state index contributed by atoms with van der Waals surface area (Å²) in [5.41, 5.74) is 0.916. The van der Waals surface area contributed by atoms with E-state index in [0.717, 1.165) is 54.1 Å². The topological polar surface area (TPSA) is 96.0 Å². The lowest BCUT2D eigenvalue weighted by Gasteiger charge is -2.33. The van der Waals surface area contributed by atoms with Gasteiger partial charge in [-0.1, -0.05) is 49.6 Å². The lowest BCUT2D eigenvalue weighted by Crippen LogP contribution is -2.53. The van der Waals surface area contributed by atoms with Crippen molar-refractivity contribution in [3.05, 3.63) is 90.2 Å². The number of hydrogen-bond donors (Lipinski definition) is 1. The van der Waals surface area contributed by atoms with Gasteiger partial charge in [-0.05, 0) is 73.9 Å². The van der Waals surface area contributed by atoms with Crippen LogP contribution in [0, 0.1) is 5.82 Å². The maximum absolute atomic E-state index is 14.0. The summed E-state index contributed by atoms with van der Waals surface area (Å²) in [7, 11) is -2.78. The number of nitrogens with one attached hydrogen (secondary N) is 1. The van der Waals surface area contributed by atoms with Gasteiger partial charge in [-0.25, -0.2) is 12.8 Å². The number of carbonyl (C=O) groups is 2. The Morgan fingerprint density at radius 3 is 2.20 bits per heavy atom. The van der Waals surface area contributed by atoms with Crippen LogP contribution in [0.2, 0.25) is 0 Å². The molecular weight excluding hydrogens is 545 g/mol. The molecule has 2 amide bonds. The van der Waals surface area contributed by atoms with Crippen molar-refractivity contribution in [2.45, 2.75) is 62.6 Å². The predicted molar refractivity (Wildman–Crippen MR) is 155 cm³/mol. The number of anilines is 1. The minimum atomic E-state index is -4.25. The summed E-state index contributed by atoms with van der Waals surface area (Å²) in [6.07, 6.45) is 5.01. The number of rotatable bonds is 11. The Morgan fingerprint density at radius 2 is 1.59 bits per heavy atom. The summed E-state index contributed by atoms with van der Waals surface area (Å²) < 4.78 is 47.5. The molecule has 4 rings (SSSR count). The van der Waals surface area contributed by atoms with E-state index in [4.69, 9.17) is 4.74 Å². The van der Waals surface area contributed by atoms with Gasteiger partial charge in [0.25, 0.3) is 10.0 Å². The van der Waals surface area contributed by atoms with Gasteiger partial charge in [0, 0.05) is 12.6 Å². The summed E-state index contributed by atoms with van der Waals surface area (Å²) in [5, 5.41) is 3.08.